The van der Waals surface area contributed by atoms with E-state index in [4.69, 9.17) is 5.73 Å². The fourth-order valence-electron chi connectivity index (χ4n) is 3.44. The van der Waals surface area contributed by atoms with Crippen LogP contribution in [0.25, 0.3) is 0 Å². The van der Waals surface area contributed by atoms with Crippen molar-refractivity contribution in [1.29, 1.82) is 0 Å². The van der Waals surface area contributed by atoms with Crippen molar-refractivity contribution >= 4 is 17.5 Å². The van der Waals surface area contributed by atoms with Gasteiger partial charge in [0, 0.05) is 17.8 Å². The highest BCUT2D eigenvalue weighted by molar-refractivity contribution is 6.04. The van der Waals surface area contributed by atoms with Crippen LogP contribution in [0.15, 0.2) is 48.5 Å². The number of hydrogen-bond donors (Lipinski definition) is 3. The lowest BCUT2D eigenvalue weighted by molar-refractivity contribution is -0.127. The van der Waals surface area contributed by atoms with Gasteiger partial charge >= 0.3 is 0 Å². The number of nitrogens with one attached hydrogen (secondary N) is 2. The molecule has 1 saturated carbocycles. The molecule has 1 aliphatic carbocycles. The number of aryl methyl sites for hydroxylation is 1. The minimum absolute atomic E-state index is 0.0868. The summed E-state index contributed by atoms with van der Waals surface area (Å²) in [4.78, 5) is 24.8. The molecule has 0 aromatic heterocycles. The molecule has 0 unspecified atom stereocenters. The summed E-state index contributed by atoms with van der Waals surface area (Å²) in [5, 5.41) is 5.85. The first kappa shape index (κ1) is 19.1. The first-order valence-corrected chi connectivity index (χ1v) is 9.50. The summed E-state index contributed by atoms with van der Waals surface area (Å²) in [6.07, 6.45) is 4.64. The molecule has 27 heavy (non-hydrogen) atoms. The molecule has 142 valence electrons. The third kappa shape index (κ3) is 4.95. The molecular weight excluding hydrogens is 338 g/mol. The van der Waals surface area contributed by atoms with Crippen molar-refractivity contribution < 1.29 is 9.59 Å². The number of rotatable bonds is 5. The highest BCUT2D eigenvalue weighted by Crippen LogP contribution is 2.26. The predicted molar refractivity (Wildman–Crippen MR) is 107 cm³/mol. The van der Waals surface area contributed by atoms with E-state index < -0.39 is 5.54 Å². The topological polar surface area (TPSA) is 84.2 Å². The van der Waals surface area contributed by atoms with Gasteiger partial charge in [0.2, 0.25) is 5.91 Å². The normalized spacial score (nSPS) is 15.8. The standard InChI is InChI=1S/C22H27N3O2/c1-16-8-10-18(11-9-16)20(26)25-19-7-5-6-17(14-19)15-24-21(27)22(23)12-3-2-4-13-22/h5-11,14H,2-4,12-13,15,23H2,1H3,(H,24,27)(H,25,26). The molecule has 0 radical (unpaired) electrons. The second-order valence-electron chi connectivity index (χ2n) is 7.42. The Hall–Kier alpha value is -2.66. The molecule has 0 spiro atoms. The van der Waals surface area contributed by atoms with Gasteiger partial charge in [0.1, 0.15) is 0 Å². The van der Waals surface area contributed by atoms with Crippen molar-refractivity contribution in [2.75, 3.05) is 5.32 Å². The van der Waals surface area contributed by atoms with Crippen molar-refractivity contribution in [3.05, 3.63) is 65.2 Å². The van der Waals surface area contributed by atoms with Crippen LogP contribution in [-0.2, 0) is 11.3 Å². The first-order chi connectivity index (χ1) is 13.0. The molecule has 0 bridgehead atoms. The molecule has 0 aliphatic heterocycles. The summed E-state index contributed by atoms with van der Waals surface area (Å²) in [6, 6.07) is 14.9. The van der Waals surface area contributed by atoms with E-state index in [9.17, 15) is 9.59 Å². The number of amides is 2. The van der Waals surface area contributed by atoms with Gasteiger partial charge in [-0.15, -0.1) is 0 Å². The number of nitrogens with two attached hydrogens (primary N) is 1. The summed E-state index contributed by atoms with van der Waals surface area (Å²) in [7, 11) is 0. The smallest absolute Gasteiger partial charge is 0.255 e. The van der Waals surface area contributed by atoms with Crippen molar-refractivity contribution in [3.63, 3.8) is 0 Å². The molecule has 5 heteroatoms. The molecule has 2 aromatic carbocycles. The summed E-state index contributed by atoms with van der Waals surface area (Å²) < 4.78 is 0. The predicted octanol–water partition coefficient (Wildman–Crippen LogP) is 3.53. The maximum absolute atomic E-state index is 12.5. The van der Waals surface area contributed by atoms with E-state index >= 15 is 0 Å². The Bertz CT molecular complexity index is 809. The largest absolute Gasteiger partial charge is 0.350 e. The summed E-state index contributed by atoms with van der Waals surface area (Å²) in [6.45, 7) is 2.38. The van der Waals surface area contributed by atoms with Gasteiger partial charge in [-0.3, -0.25) is 9.59 Å². The van der Waals surface area contributed by atoms with E-state index in [0.717, 1.165) is 43.2 Å². The van der Waals surface area contributed by atoms with Crippen LogP contribution in [0.2, 0.25) is 0 Å². The van der Waals surface area contributed by atoms with E-state index in [2.05, 4.69) is 10.6 Å². The Kier molecular flexibility index (Phi) is 5.91. The van der Waals surface area contributed by atoms with Crippen molar-refractivity contribution in [2.24, 2.45) is 5.73 Å². The molecule has 0 atom stereocenters. The third-order valence-electron chi connectivity index (χ3n) is 5.15. The van der Waals surface area contributed by atoms with Crippen LogP contribution in [0.3, 0.4) is 0 Å². The SMILES string of the molecule is Cc1ccc(C(=O)Nc2cccc(CNC(=O)C3(N)CCCCC3)c2)cc1. The minimum atomic E-state index is -0.741. The lowest BCUT2D eigenvalue weighted by atomic mass is 9.82. The summed E-state index contributed by atoms with van der Waals surface area (Å²) in [5.74, 6) is -0.240. The zero-order valence-electron chi connectivity index (χ0n) is 15.8. The van der Waals surface area contributed by atoms with Crippen LogP contribution in [0.5, 0.6) is 0 Å². The number of carbonyl (C=O) groups is 2. The molecule has 3 rings (SSSR count). The second kappa shape index (κ2) is 8.35. The Labute approximate surface area is 160 Å². The van der Waals surface area contributed by atoms with E-state index in [-0.39, 0.29) is 11.8 Å². The zero-order chi connectivity index (χ0) is 19.3. The lowest BCUT2D eigenvalue weighted by Gasteiger charge is -2.31. The highest BCUT2D eigenvalue weighted by atomic mass is 16.2. The molecule has 4 N–H and O–H groups in total. The van der Waals surface area contributed by atoms with Gasteiger partial charge in [-0.05, 0) is 49.6 Å². The molecule has 2 aromatic rings. The third-order valence-corrected chi connectivity index (χ3v) is 5.15. The van der Waals surface area contributed by atoms with E-state index in [1.54, 1.807) is 12.1 Å². The van der Waals surface area contributed by atoms with Gasteiger partial charge in [0.15, 0.2) is 0 Å². The summed E-state index contributed by atoms with van der Waals surface area (Å²) in [5.41, 5.74) is 8.87. The average molecular weight is 365 g/mol. The number of anilines is 1. The highest BCUT2D eigenvalue weighted by Gasteiger charge is 2.34. The molecule has 1 aliphatic rings. The fraction of sp³-hybridized carbons (Fsp3) is 0.364. The van der Waals surface area contributed by atoms with Crippen molar-refractivity contribution in [1.82, 2.24) is 5.32 Å². The van der Waals surface area contributed by atoms with Gasteiger partial charge in [-0.25, -0.2) is 0 Å². The average Bonchev–Trinajstić information content (AvgIpc) is 2.67. The van der Waals surface area contributed by atoms with Crippen LogP contribution in [0.4, 0.5) is 5.69 Å². The number of carbonyl (C=O) groups excluding carboxylic acids is 2. The van der Waals surface area contributed by atoms with Gasteiger partial charge in [-0.2, -0.15) is 0 Å². The second-order valence-corrected chi connectivity index (χ2v) is 7.42. The minimum Gasteiger partial charge on any atom is -0.350 e. The van der Waals surface area contributed by atoms with Gasteiger partial charge < -0.3 is 16.4 Å². The molecule has 1 fully saturated rings. The maximum Gasteiger partial charge on any atom is 0.255 e. The fourth-order valence-corrected chi connectivity index (χ4v) is 3.44. The van der Waals surface area contributed by atoms with E-state index in [1.807, 2.05) is 43.3 Å². The van der Waals surface area contributed by atoms with E-state index in [0.29, 0.717) is 17.8 Å². The van der Waals surface area contributed by atoms with Crippen LogP contribution in [0.1, 0.15) is 53.6 Å². The van der Waals surface area contributed by atoms with Crippen LogP contribution >= 0.6 is 0 Å². The lowest BCUT2D eigenvalue weighted by Crippen LogP contribution is -2.54. The molecular formula is C22H27N3O2. The Morgan fingerprint density at radius 2 is 1.74 bits per heavy atom. The molecule has 0 heterocycles. The van der Waals surface area contributed by atoms with Gasteiger partial charge in [0.05, 0.1) is 5.54 Å². The van der Waals surface area contributed by atoms with Gasteiger partial charge in [0.25, 0.3) is 5.91 Å². The first-order valence-electron chi connectivity index (χ1n) is 9.50. The molecule has 2 amide bonds. The Morgan fingerprint density at radius 3 is 2.44 bits per heavy atom. The monoisotopic (exact) mass is 365 g/mol. The number of hydrogen-bond acceptors (Lipinski definition) is 3. The number of benzene rings is 2. The van der Waals surface area contributed by atoms with Crippen molar-refractivity contribution in [2.45, 2.75) is 51.1 Å². The Balaban J connectivity index is 1.59. The maximum atomic E-state index is 12.5. The zero-order valence-corrected chi connectivity index (χ0v) is 15.8. The van der Waals surface area contributed by atoms with Gasteiger partial charge in [-0.1, -0.05) is 49.1 Å². The molecule has 5 nitrogen and oxygen atoms in total. The Morgan fingerprint density at radius 1 is 1.04 bits per heavy atom. The van der Waals surface area contributed by atoms with Crippen LogP contribution in [0, 0.1) is 6.92 Å². The molecule has 0 saturated heterocycles. The quantitative estimate of drug-likeness (QED) is 0.758. The van der Waals surface area contributed by atoms with Crippen molar-refractivity contribution in [3.8, 4) is 0 Å². The summed E-state index contributed by atoms with van der Waals surface area (Å²) >= 11 is 0. The van der Waals surface area contributed by atoms with E-state index in [1.165, 1.54) is 0 Å². The van der Waals surface area contributed by atoms with Crippen LogP contribution < -0.4 is 16.4 Å². The van der Waals surface area contributed by atoms with Crippen LogP contribution in [-0.4, -0.2) is 17.4 Å².